The van der Waals surface area contributed by atoms with E-state index in [1.165, 1.54) is 54.7 Å². The van der Waals surface area contributed by atoms with E-state index in [1.807, 2.05) is 11.8 Å². The van der Waals surface area contributed by atoms with Gasteiger partial charge in [0.15, 0.2) is 0 Å². The van der Waals surface area contributed by atoms with E-state index in [-0.39, 0.29) is 0 Å². The van der Waals surface area contributed by atoms with Crippen LogP contribution in [0.15, 0.2) is 9.89 Å². The first kappa shape index (κ1) is 13.7. The summed E-state index contributed by atoms with van der Waals surface area (Å²) in [6, 6.07) is 0. The summed E-state index contributed by atoms with van der Waals surface area (Å²) in [5.41, 5.74) is 9.58. The van der Waals surface area contributed by atoms with Gasteiger partial charge in [0, 0.05) is 10.3 Å². The number of rotatable bonds is 0. The van der Waals surface area contributed by atoms with Crippen LogP contribution in [-0.4, -0.2) is 5.04 Å². The zero-order valence-electron chi connectivity index (χ0n) is 13.4. The van der Waals surface area contributed by atoms with Crippen LogP contribution in [0, 0.1) is 41.5 Å². The molecule has 0 aliphatic carbocycles. The molecule has 0 saturated carbocycles. The molecule has 1 nitrogen and oxygen atoms in total. The van der Waals surface area contributed by atoms with Gasteiger partial charge in [0.2, 0.25) is 0 Å². The molecule has 1 heterocycles. The highest BCUT2D eigenvalue weighted by Crippen LogP contribution is 2.48. The molecule has 0 spiro atoms. The highest BCUT2D eigenvalue weighted by Gasteiger charge is 2.23. The maximum absolute atomic E-state index is 4.86. The number of benzene rings is 2. The Morgan fingerprint density at radius 2 is 1.15 bits per heavy atom. The maximum Gasteiger partial charge on any atom is 0.0761 e. The SMILES string of the molecule is CC1=Nc2c(C)c(C)c(C)c3c(C)c(C)c(C)c(c23)S1. The second kappa shape index (κ2) is 4.36. The zero-order chi connectivity index (χ0) is 14.8. The van der Waals surface area contributed by atoms with Gasteiger partial charge in [-0.3, -0.25) is 0 Å². The van der Waals surface area contributed by atoms with Gasteiger partial charge in [-0.05, 0) is 87.2 Å². The van der Waals surface area contributed by atoms with Gasteiger partial charge in [-0.2, -0.15) is 0 Å². The molecule has 0 radical (unpaired) electrons. The first-order valence-electron chi connectivity index (χ1n) is 7.11. The summed E-state index contributed by atoms with van der Waals surface area (Å²) >= 11 is 1.83. The van der Waals surface area contributed by atoms with Crippen LogP contribution in [0.4, 0.5) is 5.69 Å². The normalized spacial score (nSPS) is 13.8. The Morgan fingerprint density at radius 3 is 1.75 bits per heavy atom. The topological polar surface area (TPSA) is 12.4 Å². The molecule has 2 aromatic carbocycles. The summed E-state index contributed by atoms with van der Waals surface area (Å²) in [6.07, 6.45) is 0. The van der Waals surface area contributed by atoms with Crippen LogP contribution < -0.4 is 0 Å². The van der Waals surface area contributed by atoms with E-state index >= 15 is 0 Å². The summed E-state index contributed by atoms with van der Waals surface area (Å²) in [5.74, 6) is 0. The summed E-state index contributed by atoms with van der Waals surface area (Å²) in [7, 11) is 0. The van der Waals surface area contributed by atoms with Crippen molar-refractivity contribution in [1.29, 1.82) is 0 Å². The first-order chi connectivity index (χ1) is 9.34. The predicted octanol–water partition coefficient (Wildman–Crippen LogP) is 5.85. The molecule has 104 valence electrons. The molecule has 2 aromatic rings. The van der Waals surface area contributed by atoms with E-state index < -0.39 is 0 Å². The van der Waals surface area contributed by atoms with Crippen LogP contribution in [0.2, 0.25) is 0 Å². The Bertz CT molecular complexity index is 789. The number of aliphatic imine (C=N–C) groups is 1. The average Bonchev–Trinajstić information content (AvgIpc) is 2.42. The molecule has 1 aliphatic heterocycles. The van der Waals surface area contributed by atoms with Crippen molar-refractivity contribution in [2.75, 3.05) is 0 Å². The van der Waals surface area contributed by atoms with E-state index in [4.69, 9.17) is 4.99 Å². The third-order valence-electron chi connectivity index (χ3n) is 4.93. The molecule has 20 heavy (non-hydrogen) atoms. The second-order valence-corrected chi connectivity index (χ2v) is 7.11. The standard InChI is InChI=1S/C18H21NS/c1-8-10(3)15-11(4)9(2)13(6)18-16(15)17(12(8)5)19-14(7)20-18/h1-7H3. The van der Waals surface area contributed by atoms with Crippen LogP contribution in [0.3, 0.4) is 0 Å². The Kier molecular flexibility index (Phi) is 2.98. The molecule has 0 atom stereocenters. The fourth-order valence-electron chi connectivity index (χ4n) is 3.25. The quantitative estimate of drug-likeness (QED) is 0.591. The molecule has 0 N–H and O–H groups in total. The van der Waals surface area contributed by atoms with Crippen LogP contribution in [0.25, 0.3) is 10.8 Å². The Morgan fingerprint density at radius 1 is 0.600 bits per heavy atom. The van der Waals surface area contributed by atoms with Crippen molar-refractivity contribution < 1.29 is 0 Å². The number of hydrogen-bond acceptors (Lipinski definition) is 2. The number of thioether (sulfide) groups is 1. The smallest absolute Gasteiger partial charge is 0.0761 e. The van der Waals surface area contributed by atoms with Crippen molar-refractivity contribution in [2.45, 2.75) is 53.4 Å². The first-order valence-corrected chi connectivity index (χ1v) is 7.92. The number of nitrogens with zero attached hydrogens (tertiary/aromatic N) is 1. The Balaban J connectivity index is 2.69. The van der Waals surface area contributed by atoms with E-state index in [2.05, 4.69) is 48.5 Å². The second-order valence-electron chi connectivity index (χ2n) is 5.91. The largest absolute Gasteiger partial charge is 0.246 e. The average molecular weight is 283 g/mol. The van der Waals surface area contributed by atoms with Gasteiger partial charge in [-0.1, -0.05) is 11.8 Å². The Hall–Kier alpha value is -1.28. The van der Waals surface area contributed by atoms with Gasteiger partial charge in [0.05, 0.1) is 10.7 Å². The number of hydrogen-bond donors (Lipinski definition) is 0. The van der Waals surface area contributed by atoms with E-state index in [1.54, 1.807) is 0 Å². The van der Waals surface area contributed by atoms with Crippen molar-refractivity contribution in [3.8, 4) is 0 Å². The number of aryl methyl sites for hydroxylation is 2. The van der Waals surface area contributed by atoms with Gasteiger partial charge in [-0.15, -0.1) is 0 Å². The summed E-state index contributed by atoms with van der Waals surface area (Å²) in [4.78, 5) is 6.27. The highest BCUT2D eigenvalue weighted by molar-refractivity contribution is 8.14. The highest BCUT2D eigenvalue weighted by atomic mass is 32.2. The van der Waals surface area contributed by atoms with Crippen molar-refractivity contribution in [3.05, 3.63) is 33.4 Å². The van der Waals surface area contributed by atoms with Crippen molar-refractivity contribution >= 4 is 33.3 Å². The van der Waals surface area contributed by atoms with Crippen LogP contribution >= 0.6 is 11.8 Å². The summed E-state index contributed by atoms with van der Waals surface area (Å²) in [6.45, 7) is 15.5. The van der Waals surface area contributed by atoms with Crippen molar-refractivity contribution in [1.82, 2.24) is 0 Å². The minimum atomic E-state index is 1.15. The molecule has 0 amide bonds. The van der Waals surface area contributed by atoms with E-state index in [9.17, 15) is 0 Å². The van der Waals surface area contributed by atoms with Gasteiger partial charge >= 0.3 is 0 Å². The zero-order valence-corrected chi connectivity index (χ0v) is 14.2. The predicted molar refractivity (Wildman–Crippen MR) is 91.0 cm³/mol. The summed E-state index contributed by atoms with van der Waals surface area (Å²) < 4.78 is 0. The molecule has 0 fully saturated rings. The molecule has 0 bridgehead atoms. The van der Waals surface area contributed by atoms with Crippen LogP contribution in [0.1, 0.15) is 40.3 Å². The Labute approximate surface area is 125 Å². The van der Waals surface area contributed by atoms with Gasteiger partial charge in [-0.25, -0.2) is 4.99 Å². The third-order valence-corrected chi connectivity index (χ3v) is 6.03. The third kappa shape index (κ3) is 1.61. The molecule has 3 rings (SSSR count). The lowest BCUT2D eigenvalue weighted by molar-refractivity contribution is 1.19. The van der Waals surface area contributed by atoms with Crippen molar-refractivity contribution in [3.63, 3.8) is 0 Å². The monoisotopic (exact) mass is 283 g/mol. The molecular weight excluding hydrogens is 262 g/mol. The van der Waals surface area contributed by atoms with E-state index in [0.29, 0.717) is 0 Å². The minimum absolute atomic E-state index is 1.15. The molecule has 0 unspecified atom stereocenters. The minimum Gasteiger partial charge on any atom is -0.246 e. The molecule has 0 saturated heterocycles. The maximum atomic E-state index is 4.86. The lowest BCUT2D eigenvalue weighted by Gasteiger charge is -2.25. The van der Waals surface area contributed by atoms with Crippen LogP contribution in [0.5, 0.6) is 0 Å². The lowest BCUT2D eigenvalue weighted by Crippen LogP contribution is -2.03. The van der Waals surface area contributed by atoms with Gasteiger partial charge < -0.3 is 0 Å². The molecule has 2 heteroatoms. The molecule has 1 aliphatic rings. The fraction of sp³-hybridized carbons (Fsp3) is 0.389. The van der Waals surface area contributed by atoms with Crippen molar-refractivity contribution in [2.24, 2.45) is 4.99 Å². The lowest BCUT2D eigenvalue weighted by atomic mass is 9.88. The van der Waals surface area contributed by atoms with Gasteiger partial charge in [0.25, 0.3) is 0 Å². The van der Waals surface area contributed by atoms with Crippen LogP contribution in [-0.2, 0) is 0 Å². The van der Waals surface area contributed by atoms with E-state index in [0.717, 1.165) is 5.04 Å². The van der Waals surface area contributed by atoms with Gasteiger partial charge in [0.1, 0.15) is 0 Å². The molecular formula is C18H21NS. The fourth-order valence-corrected chi connectivity index (χ4v) is 4.29. The molecule has 0 aromatic heterocycles. The summed E-state index contributed by atoms with van der Waals surface area (Å²) in [5, 5.41) is 3.95.